The van der Waals surface area contributed by atoms with Crippen LogP contribution in [0.25, 0.3) is 16.5 Å². The van der Waals surface area contributed by atoms with E-state index in [0.29, 0.717) is 6.04 Å². The molecule has 0 unspecified atom stereocenters. The van der Waals surface area contributed by atoms with Gasteiger partial charge in [-0.2, -0.15) is 0 Å². The SMILES string of the molecule is CCN(CC)C(=O)[C@@H]1C=C2c3cccc4[nH]cc(c34)C[C@H]2N(C)C1.O=C(O)CN1CCCCC1. The van der Waals surface area contributed by atoms with Gasteiger partial charge in [-0.1, -0.05) is 24.6 Å². The lowest BCUT2D eigenvalue weighted by Gasteiger charge is -2.40. The minimum atomic E-state index is -0.707. The molecule has 7 heteroatoms. The zero-order chi connectivity index (χ0) is 24.2. The van der Waals surface area contributed by atoms with E-state index in [9.17, 15) is 9.59 Å². The molecule has 2 atom stereocenters. The van der Waals surface area contributed by atoms with Crippen LogP contribution in [0, 0.1) is 5.92 Å². The Labute approximate surface area is 202 Å². The van der Waals surface area contributed by atoms with Crippen LogP contribution in [-0.2, 0) is 16.0 Å². The third-order valence-corrected chi connectivity index (χ3v) is 7.47. The first kappa shape index (κ1) is 24.5. The summed E-state index contributed by atoms with van der Waals surface area (Å²) in [6.45, 7) is 8.62. The van der Waals surface area contributed by atoms with Crippen LogP contribution < -0.4 is 0 Å². The van der Waals surface area contributed by atoms with Crippen molar-refractivity contribution in [2.45, 2.75) is 45.6 Å². The monoisotopic (exact) mass is 466 g/mol. The van der Waals surface area contributed by atoms with Crippen molar-refractivity contribution in [2.75, 3.05) is 46.3 Å². The van der Waals surface area contributed by atoms with Gasteiger partial charge in [-0.3, -0.25) is 19.4 Å². The van der Waals surface area contributed by atoms with Crippen molar-refractivity contribution in [3.05, 3.63) is 41.6 Å². The van der Waals surface area contributed by atoms with Gasteiger partial charge in [-0.15, -0.1) is 0 Å². The van der Waals surface area contributed by atoms with Crippen LogP contribution in [-0.4, -0.2) is 89.0 Å². The van der Waals surface area contributed by atoms with E-state index in [1.165, 1.54) is 34.0 Å². The molecule has 0 saturated carbocycles. The molecule has 0 radical (unpaired) electrons. The van der Waals surface area contributed by atoms with E-state index in [1.807, 2.05) is 9.80 Å². The number of hydrogen-bond donors (Lipinski definition) is 2. The maximum Gasteiger partial charge on any atom is 0.317 e. The molecule has 3 aliphatic rings. The first-order valence-electron chi connectivity index (χ1n) is 12.7. The normalized spacial score (nSPS) is 22.4. The summed E-state index contributed by atoms with van der Waals surface area (Å²) in [5.41, 5.74) is 5.21. The highest BCUT2D eigenvalue weighted by Crippen LogP contribution is 2.40. The number of carbonyl (C=O) groups excluding carboxylic acids is 1. The van der Waals surface area contributed by atoms with E-state index in [1.54, 1.807) is 0 Å². The third kappa shape index (κ3) is 5.05. The van der Waals surface area contributed by atoms with Gasteiger partial charge in [0.05, 0.1) is 12.5 Å². The zero-order valence-corrected chi connectivity index (χ0v) is 20.7. The molecule has 2 aliphatic heterocycles. The number of likely N-dealkylation sites (N-methyl/N-ethyl adjacent to an activating group) is 1. The number of amides is 1. The molecule has 3 heterocycles. The van der Waals surface area contributed by atoms with Crippen LogP contribution >= 0.6 is 0 Å². The molecule has 7 nitrogen and oxygen atoms in total. The number of nitrogens with one attached hydrogen (secondary N) is 1. The van der Waals surface area contributed by atoms with Crippen LogP contribution in [0.2, 0.25) is 0 Å². The van der Waals surface area contributed by atoms with Crippen molar-refractivity contribution in [3.63, 3.8) is 0 Å². The molecule has 2 N–H and O–H groups in total. The van der Waals surface area contributed by atoms with E-state index >= 15 is 0 Å². The number of carboxylic acid groups (broad SMARTS) is 1. The van der Waals surface area contributed by atoms with Gasteiger partial charge in [0.25, 0.3) is 0 Å². The maximum atomic E-state index is 12.9. The number of piperidine rings is 1. The lowest BCUT2D eigenvalue weighted by atomic mass is 9.79. The molecule has 5 rings (SSSR count). The number of carboxylic acids is 1. The number of aromatic amines is 1. The van der Waals surface area contributed by atoms with Crippen LogP contribution in [0.5, 0.6) is 0 Å². The van der Waals surface area contributed by atoms with Crippen LogP contribution in [0.3, 0.4) is 0 Å². The average molecular weight is 467 g/mol. The summed E-state index contributed by atoms with van der Waals surface area (Å²) in [6.07, 6.45) is 8.99. The van der Waals surface area contributed by atoms with Gasteiger partial charge in [0.15, 0.2) is 0 Å². The second-order valence-corrected chi connectivity index (χ2v) is 9.67. The molecular weight excluding hydrogens is 428 g/mol. The summed E-state index contributed by atoms with van der Waals surface area (Å²) in [6, 6.07) is 6.82. The van der Waals surface area contributed by atoms with Gasteiger partial charge >= 0.3 is 5.97 Å². The minimum Gasteiger partial charge on any atom is -0.480 e. The van der Waals surface area contributed by atoms with Gasteiger partial charge in [0.1, 0.15) is 0 Å². The van der Waals surface area contributed by atoms with Gasteiger partial charge < -0.3 is 15.0 Å². The Kier molecular flexibility index (Phi) is 7.73. The fourth-order valence-corrected chi connectivity index (χ4v) is 5.68. The molecule has 1 fully saturated rings. The molecule has 1 aromatic carbocycles. The van der Waals surface area contributed by atoms with E-state index in [-0.39, 0.29) is 18.4 Å². The highest BCUT2D eigenvalue weighted by molar-refractivity contribution is 5.99. The molecular formula is C27H38N4O3. The van der Waals surface area contributed by atoms with Gasteiger partial charge in [-0.25, -0.2) is 0 Å². The van der Waals surface area contributed by atoms with E-state index in [4.69, 9.17) is 5.11 Å². The standard InChI is InChI=1S/C20H25N3O.C7H13NO2/c1-4-23(5-2)20(24)14-9-16-15-7-6-8-17-19(15)13(11-21-17)10-18(16)22(3)12-14;9-7(10)6-8-4-2-1-3-5-8/h6-9,11,14,18,21H,4-5,10,12H2,1-3H3;1-6H2,(H,9,10)/t14-,18-;/m1./s1. The number of hydrogen-bond acceptors (Lipinski definition) is 4. The van der Waals surface area contributed by atoms with Crippen molar-refractivity contribution in [1.29, 1.82) is 0 Å². The lowest BCUT2D eigenvalue weighted by Crippen LogP contribution is -2.47. The van der Waals surface area contributed by atoms with E-state index in [2.05, 4.69) is 61.3 Å². The highest BCUT2D eigenvalue weighted by Gasteiger charge is 2.36. The molecule has 2 aromatic rings. The Morgan fingerprint density at radius 3 is 2.56 bits per heavy atom. The summed E-state index contributed by atoms with van der Waals surface area (Å²) in [5, 5.41) is 9.76. The number of aromatic nitrogens is 1. The minimum absolute atomic E-state index is 0.0445. The average Bonchev–Trinajstić information content (AvgIpc) is 3.25. The molecule has 1 aromatic heterocycles. The van der Waals surface area contributed by atoms with Gasteiger partial charge in [0.2, 0.25) is 5.91 Å². The molecule has 1 saturated heterocycles. The number of carbonyl (C=O) groups is 2. The van der Waals surface area contributed by atoms with Gasteiger partial charge in [-0.05, 0) is 76.0 Å². The van der Waals surface area contributed by atoms with Crippen LogP contribution in [0.1, 0.15) is 44.2 Å². The van der Waals surface area contributed by atoms with Crippen molar-refractivity contribution in [2.24, 2.45) is 5.92 Å². The fraction of sp³-hybridized carbons (Fsp3) is 0.556. The summed E-state index contributed by atoms with van der Waals surface area (Å²) in [4.78, 5) is 32.8. The predicted molar refractivity (Wildman–Crippen MR) is 136 cm³/mol. The Hall–Kier alpha value is -2.64. The Balaban J connectivity index is 0.000000231. The maximum absolute atomic E-state index is 12.9. The second-order valence-electron chi connectivity index (χ2n) is 9.67. The first-order valence-corrected chi connectivity index (χ1v) is 12.7. The van der Waals surface area contributed by atoms with E-state index < -0.39 is 5.97 Å². The number of aliphatic carboxylic acids is 1. The Morgan fingerprint density at radius 1 is 1.15 bits per heavy atom. The fourth-order valence-electron chi connectivity index (χ4n) is 5.68. The number of fused-ring (bicyclic) bond motifs is 2. The summed E-state index contributed by atoms with van der Waals surface area (Å²) in [5.74, 6) is -0.497. The molecule has 1 amide bonds. The smallest absolute Gasteiger partial charge is 0.317 e. The van der Waals surface area contributed by atoms with Crippen LogP contribution in [0.15, 0.2) is 30.5 Å². The quantitative estimate of drug-likeness (QED) is 0.706. The summed E-state index contributed by atoms with van der Waals surface area (Å²) >= 11 is 0. The number of nitrogens with zero attached hydrogens (tertiary/aromatic N) is 3. The zero-order valence-electron chi connectivity index (χ0n) is 20.7. The highest BCUT2D eigenvalue weighted by atomic mass is 16.4. The van der Waals surface area contributed by atoms with Crippen molar-refractivity contribution >= 4 is 28.4 Å². The lowest BCUT2D eigenvalue weighted by molar-refractivity contribution is -0.138. The topological polar surface area (TPSA) is 79.9 Å². The van der Waals surface area contributed by atoms with Crippen molar-refractivity contribution < 1.29 is 14.7 Å². The third-order valence-electron chi connectivity index (χ3n) is 7.47. The number of likely N-dealkylation sites (tertiary alicyclic amines) is 1. The molecule has 34 heavy (non-hydrogen) atoms. The first-order chi connectivity index (χ1) is 16.4. The second kappa shape index (κ2) is 10.7. The van der Waals surface area contributed by atoms with Crippen molar-refractivity contribution in [3.8, 4) is 0 Å². The number of H-pyrrole nitrogens is 1. The molecule has 1 aliphatic carbocycles. The summed E-state index contributed by atoms with van der Waals surface area (Å²) in [7, 11) is 2.15. The number of rotatable bonds is 5. The molecule has 0 bridgehead atoms. The Bertz CT molecular complexity index is 1050. The summed E-state index contributed by atoms with van der Waals surface area (Å²) < 4.78 is 0. The van der Waals surface area contributed by atoms with Crippen molar-refractivity contribution in [1.82, 2.24) is 19.7 Å². The van der Waals surface area contributed by atoms with Gasteiger partial charge in [0, 0.05) is 42.8 Å². The van der Waals surface area contributed by atoms with Crippen LogP contribution in [0.4, 0.5) is 0 Å². The Morgan fingerprint density at radius 2 is 1.88 bits per heavy atom. The van der Waals surface area contributed by atoms with E-state index in [0.717, 1.165) is 52.0 Å². The molecule has 0 spiro atoms. The predicted octanol–water partition coefficient (Wildman–Crippen LogP) is 3.46. The number of benzene rings is 1. The molecule has 184 valence electrons. The largest absolute Gasteiger partial charge is 0.480 e.